The van der Waals surface area contributed by atoms with Gasteiger partial charge in [0.15, 0.2) is 5.65 Å². The minimum absolute atomic E-state index is 0.00321. The molecule has 1 amide bonds. The Hall–Kier alpha value is -5.65. The van der Waals surface area contributed by atoms with Gasteiger partial charge in [-0.25, -0.2) is 23.1 Å². The van der Waals surface area contributed by atoms with Crippen LogP contribution in [0.15, 0.2) is 101 Å². The Balaban J connectivity index is 0.898. The van der Waals surface area contributed by atoms with E-state index < -0.39 is 15.9 Å². The number of aromatic nitrogens is 4. The molecule has 6 aromatic rings. The van der Waals surface area contributed by atoms with Crippen molar-refractivity contribution in [3.8, 4) is 5.69 Å². The number of nitrogens with zero attached hydrogens (tertiary/aromatic N) is 8. The summed E-state index contributed by atoms with van der Waals surface area (Å²) in [5.41, 5.74) is 8.35. The number of anilines is 2. The molecule has 0 spiro atoms. The molecule has 3 aromatic carbocycles. The van der Waals surface area contributed by atoms with E-state index in [1.807, 2.05) is 41.3 Å². The topological polar surface area (TPSA) is 161 Å². The van der Waals surface area contributed by atoms with Crippen LogP contribution in [0.5, 0.6) is 0 Å². The second-order valence-corrected chi connectivity index (χ2v) is 20.3. The van der Waals surface area contributed by atoms with Crippen molar-refractivity contribution in [1.82, 2.24) is 34.3 Å². The zero-order valence-electron chi connectivity index (χ0n) is 36.0. The molecule has 3 fully saturated rings. The molecule has 0 bridgehead atoms. The Morgan fingerprint density at radius 1 is 0.938 bits per heavy atom. The highest BCUT2D eigenvalue weighted by Gasteiger charge is 2.35. The highest BCUT2D eigenvalue weighted by Crippen LogP contribution is 2.43. The van der Waals surface area contributed by atoms with Gasteiger partial charge in [-0.1, -0.05) is 43.2 Å². The summed E-state index contributed by atoms with van der Waals surface area (Å²) in [6.45, 7) is 13.3. The van der Waals surface area contributed by atoms with E-state index in [1.54, 1.807) is 29.2 Å². The third-order valence-electron chi connectivity index (χ3n) is 13.4. The van der Waals surface area contributed by atoms with E-state index in [-0.39, 0.29) is 21.6 Å². The maximum atomic E-state index is 14.3. The molecule has 0 atom stereocenters. The average Bonchev–Trinajstić information content (AvgIpc) is 3.92. The molecule has 0 radical (unpaired) electrons. The molecule has 3 aromatic heterocycles. The molecule has 0 saturated carbocycles. The summed E-state index contributed by atoms with van der Waals surface area (Å²) >= 11 is 6.27. The number of nitroso groups, excluding NO2 is 1. The number of benzene rings is 3. The number of nitrogens with one attached hydrogen (secondary N) is 2. The predicted octanol–water partition coefficient (Wildman–Crippen LogP) is 7.38. The number of halogens is 1. The van der Waals surface area contributed by atoms with E-state index in [0.717, 1.165) is 81.2 Å². The molecular weight excluding hydrogens is 852 g/mol. The Bertz CT molecular complexity index is 2890. The number of carbonyl (C=O) groups excluding carboxylic acids is 1. The fourth-order valence-electron chi connectivity index (χ4n) is 9.68. The summed E-state index contributed by atoms with van der Waals surface area (Å²) in [5.74, 6) is -0.827. The second-order valence-electron chi connectivity index (χ2n) is 18.1. The molecule has 4 aliphatic rings. The van der Waals surface area contributed by atoms with Crippen LogP contribution < -0.4 is 14.5 Å². The number of allylic oxidation sites excluding steroid dienone is 1. The van der Waals surface area contributed by atoms with Gasteiger partial charge in [0.2, 0.25) is 0 Å². The van der Waals surface area contributed by atoms with Gasteiger partial charge in [-0.2, -0.15) is 0 Å². The smallest absolute Gasteiger partial charge is 0.267 e. The van der Waals surface area contributed by atoms with Crippen molar-refractivity contribution in [2.45, 2.75) is 44.0 Å². The molecule has 2 N–H and O–H groups in total. The van der Waals surface area contributed by atoms with Gasteiger partial charge in [0, 0.05) is 93.4 Å². The molecule has 332 valence electrons. The van der Waals surface area contributed by atoms with Crippen LogP contribution in [0.25, 0.3) is 33.3 Å². The summed E-state index contributed by atoms with van der Waals surface area (Å²) < 4.78 is 37.3. The molecule has 64 heavy (non-hydrogen) atoms. The molecule has 6 heterocycles. The van der Waals surface area contributed by atoms with Crippen molar-refractivity contribution in [2.75, 3.05) is 81.9 Å². The van der Waals surface area contributed by atoms with Gasteiger partial charge in [0.1, 0.15) is 11.2 Å². The molecule has 3 saturated heterocycles. The lowest BCUT2D eigenvalue weighted by molar-refractivity contribution is 0.0105. The number of sulfonamides is 1. The average molecular weight is 904 g/mol. The number of rotatable bonds is 11. The molecule has 1 aliphatic carbocycles. The van der Waals surface area contributed by atoms with Gasteiger partial charge in [0.25, 0.3) is 15.9 Å². The number of hydrogen-bond donors (Lipinski definition) is 2. The minimum Gasteiger partial charge on any atom is -0.379 e. The van der Waals surface area contributed by atoms with Crippen LogP contribution in [0.3, 0.4) is 0 Å². The lowest BCUT2D eigenvalue weighted by Gasteiger charge is -2.47. The molecule has 10 rings (SSSR count). The maximum absolute atomic E-state index is 14.3. The van der Waals surface area contributed by atoms with Gasteiger partial charge in [-0.15, -0.1) is 4.91 Å². The normalized spacial score (nSPS) is 19.0. The maximum Gasteiger partial charge on any atom is 0.267 e. The van der Waals surface area contributed by atoms with Gasteiger partial charge in [0.05, 0.1) is 40.6 Å². The molecule has 3 aliphatic heterocycles. The largest absolute Gasteiger partial charge is 0.379 e. The van der Waals surface area contributed by atoms with E-state index in [0.29, 0.717) is 60.4 Å². The molecule has 15 nitrogen and oxygen atoms in total. The first-order valence-electron chi connectivity index (χ1n) is 21.9. The van der Waals surface area contributed by atoms with Crippen LogP contribution in [-0.4, -0.2) is 122 Å². The van der Waals surface area contributed by atoms with Gasteiger partial charge < -0.3 is 14.5 Å². The van der Waals surface area contributed by atoms with E-state index in [2.05, 4.69) is 60.7 Å². The third-order valence-corrected chi connectivity index (χ3v) is 15.0. The highest BCUT2D eigenvalue weighted by atomic mass is 35.5. The summed E-state index contributed by atoms with van der Waals surface area (Å²) in [4.78, 5) is 44.4. The lowest BCUT2D eigenvalue weighted by atomic mass is 9.72. The summed E-state index contributed by atoms with van der Waals surface area (Å²) in [7, 11) is -4.43. The van der Waals surface area contributed by atoms with E-state index in [1.165, 1.54) is 28.8 Å². The summed E-state index contributed by atoms with van der Waals surface area (Å²) in [5, 5.41) is 8.02. The number of pyridine rings is 1. The number of piperazine rings is 1. The van der Waals surface area contributed by atoms with Crippen molar-refractivity contribution in [2.24, 2.45) is 10.6 Å². The van der Waals surface area contributed by atoms with E-state index >= 15 is 0 Å². The number of morpholine rings is 1. The van der Waals surface area contributed by atoms with E-state index in [9.17, 15) is 18.1 Å². The fraction of sp³-hybridized carbons (Fsp3) is 0.383. The van der Waals surface area contributed by atoms with Gasteiger partial charge >= 0.3 is 0 Å². The number of carbonyl (C=O) groups is 1. The van der Waals surface area contributed by atoms with Crippen LogP contribution >= 0.6 is 11.6 Å². The molecule has 0 unspecified atom stereocenters. The SMILES string of the molecule is CC1(C)CCC(CN2CCN(c3ccc(C(=O)NS(=O)(=O)c4ccc(N5CC(N6CCOCC6)C5)c(N=O)c4)c(-n4[nH]cc5nc6nccc6cc54)c3)CC2)=C(c2ccc(Cl)cc2)C1. The first-order chi connectivity index (χ1) is 30.9. The van der Waals surface area contributed by atoms with Crippen molar-refractivity contribution < 1.29 is 17.9 Å². The first kappa shape index (κ1) is 42.3. The van der Waals surface area contributed by atoms with Crippen LogP contribution in [0.2, 0.25) is 5.02 Å². The molecular formula is C47H51ClN10O5S. The first-order valence-corrected chi connectivity index (χ1v) is 23.8. The van der Waals surface area contributed by atoms with Crippen molar-refractivity contribution in [1.29, 1.82) is 0 Å². The Morgan fingerprint density at radius 3 is 2.48 bits per heavy atom. The van der Waals surface area contributed by atoms with Crippen LogP contribution in [-0.2, 0) is 14.8 Å². The standard InChI is InChI=1S/C47H51ClN10O5S/c1-47(2)13-11-33(39(26-47)31-3-5-34(48)6-4-31)28-54-15-17-55(18-16-54)35-7-9-38(43(24-35)58-44-23-32-12-14-49-45(32)51-41(44)27-50-58)46(59)53-64(61,62)37-8-10-42(40(25-37)52-60)57-29-36(30-57)56-19-21-63-22-20-56/h3-10,12,14,23-25,27,36,50H,11,13,15-22,26,28-30H2,1-2H3,(H,53,59). The van der Waals surface area contributed by atoms with Gasteiger partial charge in [-0.3, -0.25) is 24.4 Å². The third kappa shape index (κ3) is 8.40. The van der Waals surface area contributed by atoms with Crippen molar-refractivity contribution in [3.63, 3.8) is 0 Å². The fourth-order valence-corrected chi connectivity index (χ4v) is 10.8. The predicted molar refractivity (Wildman–Crippen MR) is 250 cm³/mol. The second kappa shape index (κ2) is 17.0. The van der Waals surface area contributed by atoms with Crippen molar-refractivity contribution >= 4 is 72.2 Å². The van der Waals surface area contributed by atoms with Crippen LogP contribution in [0.1, 0.15) is 49.0 Å². The number of hydrogen-bond acceptors (Lipinski definition) is 12. The number of ether oxygens (including phenoxy) is 1. The number of H-pyrrole nitrogens is 1. The van der Waals surface area contributed by atoms with Crippen LogP contribution in [0.4, 0.5) is 17.1 Å². The summed E-state index contributed by atoms with van der Waals surface area (Å²) in [6.07, 6.45) is 6.68. The monoisotopic (exact) mass is 902 g/mol. The highest BCUT2D eigenvalue weighted by molar-refractivity contribution is 7.90. The Labute approximate surface area is 377 Å². The number of aromatic amines is 1. The number of fused-ring (bicyclic) bond motifs is 2. The Morgan fingerprint density at radius 2 is 1.72 bits per heavy atom. The number of amides is 1. The zero-order chi connectivity index (χ0) is 44.2. The lowest BCUT2D eigenvalue weighted by Crippen LogP contribution is -2.61. The van der Waals surface area contributed by atoms with Crippen molar-refractivity contribution in [3.05, 3.63) is 112 Å². The minimum atomic E-state index is -4.43. The van der Waals surface area contributed by atoms with Crippen LogP contribution in [0, 0.1) is 10.3 Å². The zero-order valence-corrected chi connectivity index (χ0v) is 37.5. The molecule has 17 heteroatoms. The van der Waals surface area contributed by atoms with E-state index in [4.69, 9.17) is 21.3 Å². The Kier molecular flexibility index (Phi) is 11.3. The quantitative estimate of drug-likeness (QED) is 0.125. The van der Waals surface area contributed by atoms with Gasteiger partial charge in [-0.05, 0) is 102 Å². The summed E-state index contributed by atoms with van der Waals surface area (Å²) in [6, 6.07) is 22.1.